The molecular weight excluding hydrogens is 402 g/mol. The van der Waals surface area contributed by atoms with E-state index in [1.807, 2.05) is 30.3 Å². The van der Waals surface area contributed by atoms with Gasteiger partial charge in [0.15, 0.2) is 0 Å². The highest BCUT2D eigenvalue weighted by Crippen LogP contribution is 2.26. The Labute approximate surface area is 168 Å². The second kappa shape index (κ2) is 9.15. The first-order valence-corrected chi connectivity index (χ1v) is 12.0. The molecule has 1 aliphatic rings. The Morgan fingerprint density at radius 2 is 1.74 bits per heavy atom. The third-order valence-electron chi connectivity index (χ3n) is 4.47. The Hall–Kier alpha value is -1.47. The van der Waals surface area contributed by atoms with Crippen molar-refractivity contribution >= 4 is 38.5 Å². The van der Waals surface area contributed by atoms with Crippen LogP contribution in [0.1, 0.15) is 24.8 Å². The molecule has 1 aliphatic heterocycles. The van der Waals surface area contributed by atoms with Gasteiger partial charge in [-0.25, -0.2) is 8.42 Å². The van der Waals surface area contributed by atoms with Crippen molar-refractivity contribution in [1.82, 2.24) is 4.31 Å². The molecule has 1 fully saturated rings. The van der Waals surface area contributed by atoms with Gasteiger partial charge >= 0.3 is 0 Å². The topological polar surface area (TPSA) is 54.5 Å². The number of hydrogen-bond donors (Lipinski definition) is 0. The lowest BCUT2D eigenvalue weighted by molar-refractivity contribution is 0.346. The summed E-state index contributed by atoms with van der Waals surface area (Å²) in [7, 11) is -4.65. The Balaban J connectivity index is 1.76. The number of rotatable bonds is 6. The van der Waals surface area contributed by atoms with E-state index in [-0.39, 0.29) is 4.90 Å². The molecule has 3 rings (SSSR count). The van der Waals surface area contributed by atoms with Crippen LogP contribution in [0.3, 0.4) is 0 Å². The van der Waals surface area contributed by atoms with Crippen LogP contribution in [0.5, 0.6) is 0 Å². The average Bonchev–Trinajstić information content (AvgIpc) is 2.70. The third kappa shape index (κ3) is 5.08. The Bertz CT molecular complexity index is 937. The summed E-state index contributed by atoms with van der Waals surface area (Å²) >= 11 is 6.23. The fourth-order valence-corrected chi connectivity index (χ4v) is 5.65. The van der Waals surface area contributed by atoms with E-state index >= 15 is 0 Å². The summed E-state index contributed by atoms with van der Waals surface area (Å²) < 4.78 is 39.5. The van der Waals surface area contributed by atoms with Crippen molar-refractivity contribution in [2.45, 2.75) is 29.1 Å². The quantitative estimate of drug-likeness (QED) is 0.694. The molecule has 0 bridgehead atoms. The van der Waals surface area contributed by atoms with Crippen LogP contribution in [0.4, 0.5) is 0 Å². The first-order valence-electron chi connectivity index (χ1n) is 8.88. The summed E-state index contributed by atoms with van der Waals surface area (Å²) in [5.41, 5.74) is 0.611. The molecule has 7 heteroatoms. The zero-order valence-electron chi connectivity index (χ0n) is 14.9. The van der Waals surface area contributed by atoms with Gasteiger partial charge in [0, 0.05) is 28.8 Å². The minimum atomic E-state index is -3.50. The summed E-state index contributed by atoms with van der Waals surface area (Å²) in [4.78, 5) is 1.01. The second-order valence-electron chi connectivity index (χ2n) is 6.38. The predicted octanol–water partition coefficient (Wildman–Crippen LogP) is 4.34. The van der Waals surface area contributed by atoms with Gasteiger partial charge in [0.1, 0.15) is 0 Å². The van der Waals surface area contributed by atoms with E-state index < -0.39 is 20.8 Å². The SMILES string of the molecule is O=S(CC=Cc1cc(S(=O)(=O)N2CCCCC2)ccc1Cl)c1ccccc1. The molecule has 0 aliphatic carbocycles. The van der Waals surface area contributed by atoms with E-state index in [4.69, 9.17) is 11.6 Å². The van der Waals surface area contributed by atoms with Crippen LogP contribution < -0.4 is 0 Å². The molecule has 144 valence electrons. The van der Waals surface area contributed by atoms with E-state index in [2.05, 4.69) is 0 Å². The van der Waals surface area contributed by atoms with Gasteiger partial charge in [0.25, 0.3) is 0 Å². The summed E-state index contributed by atoms with van der Waals surface area (Å²) in [6, 6.07) is 14.0. The third-order valence-corrected chi connectivity index (χ3v) is 8.00. The van der Waals surface area contributed by atoms with Crippen molar-refractivity contribution in [3.05, 3.63) is 65.2 Å². The fraction of sp³-hybridized carbons (Fsp3) is 0.300. The van der Waals surface area contributed by atoms with Crippen LogP contribution in [0.15, 0.2) is 64.4 Å². The van der Waals surface area contributed by atoms with Gasteiger partial charge in [0.05, 0.1) is 15.7 Å². The van der Waals surface area contributed by atoms with Crippen molar-refractivity contribution in [2.75, 3.05) is 18.8 Å². The molecule has 1 atom stereocenters. The average molecular weight is 424 g/mol. The van der Waals surface area contributed by atoms with Crippen molar-refractivity contribution in [1.29, 1.82) is 0 Å². The molecular formula is C20H22ClNO3S2. The van der Waals surface area contributed by atoms with E-state index in [9.17, 15) is 12.6 Å². The highest BCUT2D eigenvalue weighted by atomic mass is 35.5. The first kappa shape index (κ1) is 20.3. The summed E-state index contributed by atoms with van der Waals surface area (Å²) in [6.45, 7) is 1.12. The van der Waals surface area contributed by atoms with Crippen molar-refractivity contribution in [3.8, 4) is 0 Å². The zero-order chi connectivity index (χ0) is 19.3. The molecule has 2 aromatic rings. The molecule has 1 saturated heterocycles. The number of halogens is 1. The predicted molar refractivity (Wildman–Crippen MR) is 111 cm³/mol. The van der Waals surface area contributed by atoms with Gasteiger partial charge in [0.2, 0.25) is 10.0 Å². The second-order valence-corrected chi connectivity index (χ2v) is 10.2. The lowest BCUT2D eigenvalue weighted by atomic mass is 10.2. The van der Waals surface area contributed by atoms with Crippen molar-refractivity contribution in [3.63, 3.8) is 0 Å². The van der Waals surface area contributed by atoms with E-state index in [0.29, 0.717) is 29.4 Å². The molecule has 2 aromatic carbocycles. The van der Waals surface area contributed by atoms with Crippen molar-refractivity contribution < 1.29 is 12.6 Å². The van der Waals surface area contributed by atoms with Crippen molar-refractivity contribution in [2.24, 2.45) is 0 Å². The Morgan fingerprint density at radius 1 is 1.04 bits per heavy atom. The van der Waals surface area contributed by atoms with Gasteiger partial charge in [-0.15, -0.1) is 0 Å². The largest absolute Gasteiger partial charge is 0.254 e. The molecule has 0 saturated carbocycles. The number of sulfonamides is 1. The molecule has 0 N–H and O–H groups in total. The van der Waals surface area contributed by atoms with Crippen LogP contribution in [0.2, 0.25) is 5.02 Å². The van der Waals surface area contributed by atoms with Gasteiger partial charge in [-0.05, 0) is 48.7 Å². The summed E-state index contributed by atoms with van der Waals surface area (Å²) in [5, 5.41) is 0.467. The smallest absolute Gasteiger partial charge is 0.243 e. The maximum Gasteiger partial charge on any atom is 0.243 e. The first-order chi connectivity index (χ1) is 13.0. The normalized spacial score (nSPS) is 17.2. The molecule has 0 aromatic heterocycles. The molecule has 1 unspecified atom stereocenters. The van der Waals surface area contributed by atoms with E-state index in [1.165, 1.54) is 4.31 Å². The van der Waals surface area contributed by atoms with Crippen LogP contribution in [-0.2, 0) is 20.8 Å². The van der Waals surface area contributed by atoms with E-state index in [1.54, 1.807) is 30.4 Å². The zero-order valence-corrected chi connectivity index (χ0v) is 17.3. The number of piperidine rings is 1. The van der Waals surface area contributed by atoms with Crippen LogP contribution in [0.25, 0.3) is 6.08 Å². The van der Waals surface area contributed by atoms with Gasteiger partial charge in [-0.2, -0.15) is 4.31 Å². The van der Waals surface area contributed by atoms with Crippen LogP contribution in [0, 0.1) is 0 Å². The van der Waals surface area contributed by atoms with Crippen LogP contribution in [-0.4, -0.2) is 35.8 Å². The number of nitrogens with zero attached hydrogens (tertiary/aromatic N) is 1. The highest BCUT2D eigenvalue weighted by molar-refractivity contribution is 7.89. The molecule has 27 heavy (non-hydrogen) atoms. The number of hydrogen-bond acceptors (Lipinski definition) is 3. The van der Waals surface area contributed by atoms with Gasteiger partial charge in [-0.1, -0.05) is 48.4 Å². The molecule has 4 nitrogen and oxygen atoms in total. The lowest BCUT2D eigenvalue weighted by Crippen LogP contribution is -2.35. The van der Waals surface area contributed by atoms with Gasteiger partial charge < -0.3 is 0 Å². The minimum absolute atomic E-state index is 0.248. The monoisotopic (exact) mass is 423 g/mol. The lowest BCUT2D eigenvalue weighted by Gasteiger charge is -2.26. The standard InChI is InChI=1S/C20H22ClNO3S2/c21-20-12-11-19(27(24,25)22-13-5-2-6-14-22)16-17(20)8-7-15-26(23)18-9-3-1-4-10-18/h1,3-4,7-12,16H,2,5-6,13-15H2. The number of benzene rings is 2. The van der Waals surface area contributed by atoms with Crippen LogP contribution >= 0.6 is 11.6 Å². The van der Waals surface area contributed by atoms with E-state index in [0.717, 1.165) is 24.2 Å². The highest BCUT2D eigenvalue weighted by Gasteiger charge is 2.26. The molecule has 0 amide bonds. The molecule has 1 heterocycles. The van der Waals surface area contributed by atoms with Gasteiger partial charge in [-0.3, -0.25) is 4.21 Å². The summed E-state index contributed by atoms with van der Waals surface area (Å²) in [6.07, 6.45) is 6.36. The maximum atomic E-state index is 12.8. The molecule has 0 radical (unpaired) electrons. The minimum Gasteiger partial charge on any atom is -0.254 e. The Morgan fingerprint density at radius 3 is 2.44 bits per heavy atom. The maximum absolute atomic E-state index is 12.8. The fourth-order valence-electron chi connectivity index (χ4n) is 3.00. The molecule has 0 spiro atoms. The summed E-state index contributed by atoms with van der Waals surface area (Å²) in [5.74, 6) is 0.337. The Kier molecular flexibility index (Phi) is 6.87.